The minimum atomic E-state index is -0.674. The number of nitrogens with zero attached hydrogens (tertiary/aromatic N) is 3. The second kappa shape index (κ2) is 9.75. The number of ether oxygens (including phenoxy) is 1. The van der Waals surface area contributed by atoms with Crippen LogP contribution in [-0.2, 0) is 9.59 Å². The van der Waals surface area contributed by atoms with Gasteiger partial charge in [0, 0.05) is 24.5 Å². The van der Waals surface area contributed by atoms with Crippen LogP contribution in [0.25, 0.3) is 5.76 Å². The Kier molecular flexibility index (Phi) is 7.07. The van der Waals surface area contributed by atoms with Crippen LogP contribution in [0.5, 0.6) is 5.75 Å². The molecule has 1 aromatic heterocycles. The minimum Gasteiger partial charge on any atom is -0.507 e. The Hall–Kier alpha value is -3.19. The fraction of sp³-hybridized carbons (Fsp3) is 0.375. The number of carbonyl (C=O) groups is 2. The lowest BCUT2D eigenvalue weighted by Crippen LogP contribution is -2.32. The van der Waals surface area contributed by atoms with Crippen LogP contribution < -0.4 is 4.74 Å². The smallest absolute Gasteiger partial charge is 0.295 e. The molecule has 2 aromatic rings. The van der Waals surface area contributed by atoms with Gasteiger partial charge in [0.25, 0.3) is 11.7 Å². The van der Waals surface area contributed by atoms with Gasteiger partial charge in [-0.1, -0.05) is 0 Å². The number of carbonyl (C=O) groups excluding carboxylic acids is 2. The number of hydrogen-bond acceptors (Lipinski definition) is 6. The maximum atomic E-state index is 13.0. The Morgan fingerprint density at radius 2 is 1.77 bits per heavy atom. The summed E-state index contributed by atoms with van der Waals surface area (Å²) in [7, 11) is 3.92. The largest absolute Gasteiger partial charge is 0.507 e. The number of Topliss-reactive ketones (excluding diaryl/α,β-unsaturated/α-hetero) is 1. The van der Waals surface area contributed by atoms with E-state index >= 15 is 0 Å². The molecule has 1 fully saturated rings. The Balaban J connectivity index is 2.01. The predicted octanol–water partition coefficient (Wildman–Crippen LogP) is 3.24. The average Bonchev–Trinajstić information content (AvgIpc) is 2.99. The lowest BCUT2D eigenvalue weighted by Gasteiger charge is -2.25. The zero-order valence-corrected chi connectivity index (χ0v) is 18.4. The molecule has 1 atom stereocenters. The summed E-state index contributed by atoms with van der Waals surface area (Å²) in [6.45, 7) is 5.05. The molecule has 164 valence electrons. The summed E-state index contributed by atoms with van der Waals surface area (Å²) in [6.07, 6.45) is 3.97. The van der Waals surface area contributed by atoms with Crippen LogP contribution in [-0.4, -0.2) is 64.9 Å². The van der Waals surface area contributed by atoms with E-state index in [0.717, 1.165) is 12.1 Å². The van der Waals surface area contributed by atoms with Gasteiger partial charge < -0.3 is 19.6 Å². The van der Waals surface area contributed by atoms with Gasteiger partial charge in [0.1, 0.15) is 11.5 Å². The topological polar surface area (TPSA) is 83.0 Å². The molecule has 0 saturated carbocycles. The summed E-state index contributed by atoms with van der Waals surface area (Å²) >= 11 is 0. The second-order valence-electron chi connectivity index (χ2n) is 8.12. The zero-order chi connectivity index (χ0) is 22.5. The fourth-order valence-corrected chi connectivity index (χ4v) is 3.68. The van der Waals surface area contributed by atoms with Crippen molar-refractivity contribution < 1.29 is 19.4 Å². The summed E-state index contributed by atoms with van der Waals surface area (Å²) < 4.78 is 5.65. The quantitative estimate of drug-likeness (QED) is 0.399. The fourth-order valence-electron chi connectivity index (χ4n) is 3.68. The van der Waals surface area contributed by atoms with E-state index in [0.29, 0.717) is 24.3 Å². The normalized spacial score (nSPS) is 18.3. The van der Waals surface area contributed by atoms with Crippen LogP contribution in [0.2, 0.25) is 0 Å². The van der Waals surface area contributed by atoms with Crippen LogP contribution in [0.1, 0.15) is 37.4 Å². The molecule has 1 aliphatic heterocycles. The lowest BCUT2D eigenvalue weighted by molar-refractivity contribution is -0.139. The molecule has 0 radical (unpaired) electrons. The number of amides is 1. The van der Waals surface area contributed by atoms with E-state index in [1.807, 2.05) is 32.8 Å². The van der Waals surface area contributed by atoms with Crippen LogP contribution in [0.4, 0.5) is 0 Å². The molecule has 1 aromatic carbocycles. The first kappa shape index (κ1) is 22.5. The van der Waals surface area contributed by atoms with Crippen LogP contribution in [0.15, 0.2) is 54.4 Å². The van der Waals surface area contributed by atoms with Crippen molar-refractivity contribution in [2.24, 2.45) is 0 Å². The predicted molar refractivity (Wildman–Crippen MR) is 119 cm³/mol. The van der Waals surface area contributed by atoms with Gasteiger partial charge in [-0.2, -0.15) is 0 Å². The molecule has 7 nitrogen and oxygen atoms in total. The van der Waals surface area contributed by atoms with Crippen molar-refractivity contribution in [2.45, 2.75) is 32.4 Å². The van der Waals surface area contributed by atoms with Gasteiger partial charge in [0.05, 0.1) is 17.7 Å². The number of pyridine rings is 1. The standard InChI is InChI=1S/C24H29N3O4/c1-16(2)31-19-8-6-18(7-9-19)22(28)20-21(17-10-12-25-13-11-17)27(24(30)23(20)29)15-5-14-26(3)4/h6-13,16,21,28H,5,14-15H2,1-4H3/b22-20+/t21-/m0/s1. The summed E-state index contributed by atoms with van der Waals surface area (Å²) in [6, 6.07) is 9.74. The monoisotopic (exact) mass is 423 g/mol. The van der Waals surface area contributed by atoms with Crippen molar-refractivity contribution in [2.75, 3.05) is 27.2 Å². The highest BCUT2D eigenvalue weighted by Crippen LogP contribution is 2.39. The number of aliphatic hydroxyl groups is 1. The van der Waals surface area contributed by atoms with E-state index < -0.39 is 17.7 Å². The van der Waals surface area contributed by atoms with Gasteiger partial charge >= 0.3 is 0 Å². The molecule has 2 heterocycles. The number of rotatable bonds is 8. The third kappa shape index (κ3) is 5.11. The summed E-state index contributed by atoms with van der Waals surface area (Å²) in [5.41, 5.74) is 1.29. The van der Waals surface area contributed by atoms with Crippen LogP contribution in [0.3, 0.4) is 0 Å². The molecule has 1 saturated heterocycles. The van der Waals surface area contributed by atoms with Gasteiger partial charge in [0.15, 0.2) is 0 Å². The van der Waals surface area contributed by atoms with Gasteiger partial charge in [-0.3, -0.25) is 14.6 Å². The van der Waals surface area contributed by atoms with Crippen LogP contribution >= 0.6 is 0 Å². The van der Waals surface area contributed by atoms with Crippen molar-refractivity contribution >= 4 is 17.4 Å². The third-order valence-electron chi connectivity index (χ3n) is 5.07. The first-order valence-corrected chi connectivity index (χ1v) is 10.4. The highest BCUT2D eigenvalue weighted by molar-refractivity contribution is 6.46. The maximum Gasteiger partial charge on any atom is 0.295 e. The number of benzene rings is 1. The van der Waals surface area contributed by atoms with Gasteiger partial charge in [-0.25, -0.2) is 0 Å². The molecule has 31 heavy (non-hydrogen) atoms. The van der Waals surface area contributed by atoms with E-state index in [9.17, 15) is 14.7 Å². The third-order valence-corrected chi connectivity index (χ3v) is 5.07. The first-order chi connectivity index (χ1) is 14.8. The molecule has 0 aliphatic carbocycles. The number of aromatic nitrogens is 1. The summed E-state index contributed by atoms with van der Waals surface area (Å²) in [5.74, 6) is -0.790. The highest BCUT2D eigenvalue weighted by Gasteiger charge is 2.45. The lowest BCUT2D eigenvalue weighted by atomic mass is 9.96. The maximum absolute atomic E-state index is 13.0. The van der Waals surface area contributed by atoms with Crippen molar-refractivity contribution in [3.63, 3.8) is 0 Å². The highest BCUT2D eigenvalue weighted by atomic mass is 16.5. The molecule has 1 aliphatic rings. The molecular formula is C24H29N3O4. The number of likely N-dealkylation sites (tertiary alicyclic amines) is 1. The van der Waals surface area contributed by atoms with E-state index in [4.69, 9.17) is 4.74 Å². The van der Waals surface area contributed by atoms with Gasteiger partial charge in [-0.05, 0) is 82.9 Å². The Morgan fingerprint density at radius 3 is 2.35 bits per heavy atom. The molecule has 7 heteroatoms. The van der Waals surface area contributed by atoms with Crippen molar-refractivity contribution in [1.29, 1.82) is 0 Å². The van der Waals surface area contributed by atoms with E-state index in [1.165, 1.54) is 0 Å². The number of aliphatic hydroxyl groups excluding tert-OH is 1. The van der Waals surface area contributed by atoms with Crippen molar-refractivity contribution in [3.8, 4) is 5.75 Å². The SMILES string of the molecule is CC(C)Oc1ccc(/C(O)=C2\C(=O)C(=O)N(CCCN(C)C)[C@H]2c2ccncc2)cc1. The number of hydrogen-bond donors (Lipinski definition) is 1. The summed E-state index contributed by atoms with van der Waals surface area (Å²) in [4.78, 5) is 33.4. The molecule has 0 spiro atoms. The second-order valence-corrected chi connectivity index (χ2v) is 8.12. The minimum absolute atomic E-state index is 0.0265. The van der Waals surface area contributed by atoms with E-state index in [2.05, 4.69) is 4.98 Å². The first-order valence-electron chi connectivity index (χ1n) is 10.4. The molecule has 0 bridgehead atoms. The zero-order valence-electron chi connectivity index (χ0n) is 18.4. The Morgan fingerprint density at radius 1 is 1.13 bits per heavy atom. The molecule has 3 rings (SSSR count). The van der Waals surface area contributed by atoms with Gasteiger partial charge in [-0.15, -0.1) is 0 Å². The van der Waals surface area contributed by atoms with Crippen molar-refractivity contribution in [1.82, 2.24) is 14.8 Å². The summed E-state index contributed by atoms with van der Waals surface area (Å²) in [5, 5.41) is 11.1. The average molecular weight is 424 g/mol. The Bertz CT molecular complexity index is 953. The van der Waals surface area contributed by atoms with Crippen LogP contribution in [0, 0.1) is 0 Å². The van der Waals surface area contributed by atoms with Crippen molar-refractivity contribution in [3.05, 3.63) is 65.5 Å². The molecular weight excluding hydrogens is 394 g/mol. The molecule has 1 amide bonds. The van der Waals surface area contributed by atoms with Gasteiger partial charge in [0.2, 0.25) is 0 Å². The van der Waals surface area contributed by atoms with E-state index in [1.54, 1.807) is 53.7 Å². The Labute approximate surface area is 183 Å². The van der Waals surface area contributed by atoms with E-state index in [-0.39, 0.29) is 17.4 Å². The molecule has 0 unspecified atom stereocenters. The molecule has 1 N–H and O–H groups in total. The number of ketones is 1.